The van der Waals surface area contributed by atoms with E-state index in [0.29, 0.717) is 0 Å². The highest BCUT2D eigenvalue weighted by atomic mass is 32.2. The van der Waals surface area contributed by atoms with Crippen molar-refractivity contribution in [1.82, 2.24) is 0 Å². The molecule has 2 N–H and O–H groups in total. The number of hydrogen-bond donors (Lipinski definition) is 1. The molecule has 2 rings (SSSR count). The Morgan fingerprint density at radius 1 is 1.05 bits per heavy atom. The Hall–Kier alpha value is -1.81. The quantitative estimate of drug-likeness (QED) is 0.669. The van der Waals surface area contributed by atoms with Gasteiger partial charge in [0.2, 0.25) is 0 Å². The second-order valence-corrected chi connectivity index (χ2v) is 5.09. The second kappa shape index (κ2) is 6.38. The van der Waals surface area contributed by atoms with E-state index in [4.69, 9.17) is 15.2 Å². The summed E-state index contributed by atoms with van der Waals surface area (Å²) in [7, 11) is 3.34. The van der Waals surface area contributed by atoms with Crippen molar-refractivity contribution < 1.29 is 9.47 Å². The Morgan fingerprint density at radius 3 is 2.58 bits per heavy atom. The van der Waals surface area contributed by atoms with Crippen molar-refractivity contribution in [3.05, 3.63) is 48.0 Å². The number of nitrogens with two attached hydrogens (primary N) is 1. The molecule has 0 unspecified atom stereocenters. The zero-order valence-electron chi connectivity index (χ0n) is 11.1. The fourth-order valence-electron chi connectivity index (χ4n) is 1.76. The lowest BCUT2D eigenvalue weighted by Crippen LogP contribution is -1.92. The molecule has 0 saturated heterocycles. The van der Waals surface area contributed by atoms with Gasteiger partial charge in [-0.2, -0.15) is 0 Å². The van der Waals surface area contributed by atoms with Crippen molar-refractivity contribution in [2.24, 2.45) is 0 Å². The average Bonchev–Trinajstić information content (AvgIpc) is 2.45. The molecule has 100 valence electrons. The van der Waals surface area contributed by atoms with E-state index in [1.54, 1.807) is 26.0 Å². The van der Waals surface area contributed by atoms with Crippen molar-refractivity contribution in [2.75, 3.05) is 20.0 Å². The SMILES string of the molecule is COc1ccc(OC)c(CSc2cccc(N)c2)c1. The lowest BCUT2D eigenvalue weighted by atomic mass is 10.2. The fourth-order valence-corrected chi connectivity index (χ4v) is 2.70. The van der Waals surface area contributed by atoms with Crippen molar-refractivity contribution >= 4 is 17.4 Å². The number of methoxy groups -OCH3 is 2. The summed E-state index contributed by atoms with van der Waals surface area (Å²) in [5, 5.41) is 0. The molecule has 0 aromatic heterocycles. The molecule has 2 aromatic carbocycles. The molecule has 0 fully saturated rings. The second-order valence-electron chi connectivity index (χ2n) is 4.04. The smallest absolute Gasteiger partial charge is 0.123 e. The Balaban J connectivity index is 2.14. The minimum Gasteiger partial charge on any atom is -0.497 e. The van der Waals surface area contributed by atoms with Gasteiger partial charge >= 0.3 is 0 Å². The maximum atomic E-state index is 5.77. The van der Waals surface area contributed by atoms with Crippen LogP contribution in [0.4, 0.5) is 5.69 Å². The van der Waals surface area contributed by atoms with Crippen LogP contribution < -0.4 is 15.2 Å². The number of nitrogen functional groups attached to an aromatic ring is 1. The summed E-state index contributed by atoms with van der Waals surface area (Å²) >= 11 is 1.72. The van der Waals surface area contributed by atoms with Crippen LogP contribution in [0.5, 0.6) is 11.5 Å². The standard InChI is InChI=1S/C15H17NO2S/c1-17-13-6-7-15(18-2)11(8-13)10-19-14-5-3-4-12(16)9-14/h3-9H,10,16H2,1-2H3. The normalized spacial score (nSPS) is 10.2. The van der Waals surface area contributed by atoms with E-state index in [-0.39, 0.29) is 0 Å². The Kier molecular flexibility index (Phi) is 4.58. The molecule has 0 saturated carbocycles. The summed E-state index contributed by atoms with van der Waals surface area (Å²) < 4.78 is 10.6. The fraction of sp³-hybridized carbons (Fsp3) is 0.200. The van der Waals surface area contributed by atoms with Gasteiger partial charge < -0.3 is 15.2 Å². The minimum atomic E-state index is 0.780. The van der Waals surface area contributed by atoms with Gasteiger partial charge in [-0.25, -0.2) is 0 Å². The van der Waals surface area contributed by atoms with Crippen molar-refractivity contribution in [3.63, 3.8) is 0 Å². The maximum absolute atomic E-state index is 5.77. The first kappa shape index (κ1) is 13.6. The van der Waals surface area contributed by atoms with Gasteiger partial charge in [0, 0.05) is 21.9 Å². The van der Waals surface area contributed by atoms with Crippen LogP contribution in [-0.2, 0) is 5.75 Å². The van der Waals surface area contributed by atoms with Crippen LogP contribution in [0.1, 0.15) is 5.56 Å². The molecule has 0 aliphatic heterocycles. The number of rotatable bonds is 5. The van der Waals surface area contributed by atoms with E-state index < -0.39 is 0 Å². The molecule has 0 heterocycles. The lowest BCUT2D eigenvalue weighted by Gasteiger charge is -2.10. The van der Waals surface area contributed by atoms with Crippen molar-refractivity contribution in [2.45, 2.75) is 10.6 Å². The molecule has 4 heteroatoms. The summed E-state index contributed by atoms with van der Waals surface area (Å²) in [5.74, 6) is 2.52. The predicted molar refractivity (Wildman–Crippen MR) is 80.0 cm³/mol. The minimum absolute atomic E-state index is 0.780. The van der Waals surface area contributed by atoms with Gasteiger partial charge in [-0.15, -0.1) is 11.8 Å². The van der Waals surface area contributed by atoms with Crippen molar-refractivity contribution in [1.29, 1.82) is 0 Å². The van der Waals surface area contributed by atoms with Gasteiger partial charge in [0.25, 0.3) is 0 Å². The topological polar surface area (TPSA) is 44.5 Å². The van der Waals surface area contributed by atoms with Crippen LogP contribution >= 0.6 is 11.8 Å². The Bertz CT molecular complexity index is 558. The molecule has 0 bridgehead atoms. The summed E-state index contributed by atoms with van der Waals surface area (Å²) in [6.07, 6.45) is 0. The third-order valence-electron chi connectivity index (χ3n) is 2.74. The molecule has 3 nitrogen and oxygen atoms in total. The first-order valence-corrected chi connectivity index (χ1v) is 6.90. The molecular formula is C15H17NO2S. The number of thioether (sulfide) groups is 1. The van der Waals surface area contributed by atoms with Crippen LogP contribution in [0.3, 0.4) is 0 Å². The van der Waals surface area contributed by atoms with E-state index in [9.17, 15) is 0 Å². The summed E-state index contributed by atoms with van der Waals surface area (Å²) in [6.45, 7) is 0. The third kappa shape index (κ3) is 3.58. The first-order chi connectivity index (χ1) is 9.22. The molecule has 0 aliphatic carbocycles. The number of ether oxygens (including phenoxy) is 2. The van der Waals surface area contributed by atoms with Crippen molar-refractivity contribution in [3.8, 4) is 11.5 Å². The average molecular weight is 275 g/mol. The molecule has 0 aliphatic rings. The van der Waals surface area contributed by atoms with E-state index in [1.807, 2.05) is 42.5 Å². The summed E-state index contributed by atoms with van der Waals surface area (Å²) in [6, 6.07) is 13.7. The van der Waals surface area contributed by atoms with Crippen LogP contribution in [0, 0.1) is 0 Å². The van der Waals surface area contributed by atoms with E-state index >= 15 is 0 Å². The number of hydrogen-bond acceptors (Lipinski definition) is 4. The van der Waals surface area contributed by atoms with Gasteiger partial charge in [0.15, 0.2) is 0 Å². The molecule has 0 spiro atoms. The third-order valence-corrected chi connectivity index (χ3v) is 3.78. The molecule has 19 heavy (non-hydrogen) atoms. The highest BCUT2D eigenvalue weighted by molar-refractivity contribution is 7.98. The highest BCUT2D eigenvalue weighted by Gasteiger charge is 2.06. The van der Waals surface area contributed by atoms with E-state index in [0.717, 1.165) is 33.4 Å². The Morgan fingerprint density at radius 2 is 1.89 bits per heavy atom. The van der Waals surface area contributed by atoms with Gasteiger partial charge in [-0.05, 0) is 36.4 Å². The van der Waals surface area contributed by atoms with Crippen LogP contribution in [-0.4, -0.2) is 14.2 Å². The first-order valence-electron chi connectivity index (χ1n) is 5.92. The largest absolute Gasteiger partial charge is 0.497 e. The molecule has 2 aromatic rings. The zero-order chi connectivity index (χ0) is 13.7. The Labute approximate surface area is 117 Å². The molecular weight excluding hydrogens is 258 g/mol. The maximum Gasteiger partial charge on any atom is 0.123 e. The van der Waals surface area contributed by atoms with Gasteiger partial charge in [-0.1, -0.05) is 6.07 Å². The van der Waals surface area contributed by atoms with Crippen LogP contribution in [0.2, 0.25) is 0 Å². The molecule has 0 amide bonds. The molecule has 0 radical (unpaired) electrons. The number of anilines is 1. The van der Waals surface area contributed by atoms with E-state index in [2.05, 4.69) is 0 Å². The number of benzene rings is 2. The van der Waals surface area contributed by atoms with Crippen LogP contribution in [0.25, 0.3) is 0 Å². The van der Waals surface area contributed by atoms with Gasteiger partial charge in [-0.3, -0.25) is 0 Å². The monoisotopic (exact) mass is 275 g/mol. The highest BCUT2D eigenvalue weighted by Crippen LogP contribution is 2.31. The van der Waals surface area contributed by atoms with Gasteiger partial charge in [0.05, 0.1) is 14.2 Å². The zero-order valence-corrected chi connectivity index (χ0v) is 11.9. The predicted octanol–water partition coefficient (Wildman–Crippen LogP) is 3.58. The van der Waals surface area contributed by atoms with Gasteiger partial charge in [0.1, 0.15) is 11.5 Å². The molecule has 0 atom stereocenters. The van der Waals surface area contributed by atoms with E-state index in [1.165, 1.54) is 0 Å². The van der Waals surface area contributed by atoms with Crippen LogP contribution in [0.15, 0.2) is 47.4 Å². The summed E-state index contributed by atoms with van der Waals surface area (Å²) in [4.78, 5) is 1.14. The lowest BCUT2D eigenvalue weighted by molar-refractivity contribution is 0.400. The summed E-state index contributed by atoms with van der Waals surface area (Å²) in [5.41, 5.74) is 7.66.